The van der Waals surface area contributed by atoms with Gasteiger partial charge < -0.3 is 15.4 Å². The zero-order valence-electron chi connectivity index (χ0n) is 12.0. The number of hydrogen-bond donors (Lipinski definition) is 2. The molecule has 114 valence electrons. The van der Waals surface area contributed by atoms with Crippen molar-refractivity contribution in [1.29, 1.82) is 0 Å². The summed E-state index contributed by atoms with van der Waals surface area (Å²) in [7, 11) is 1.37. The zero-order chi connectivity index (χ0) is 14.9. The van der Waals surface area contributed by atoms with Crippen molar-refractivity contribution in [1.82, 2.24) is 15.3 Å². The molecule has 8 heteroatoms. The van der Waals surface area contributed by atoms with Gasteiger partial charge in [0.1, 0.15) is 6.33 Å². The minimum atomic E-state index is -0.499. The van der Waals surface area contributed by atoms with Crippen LogP contribution in [0.5, 0.6) is 5.88 Å². The number of nitro groups is 1. The van der Waals surface area contributed by atoms with Crippen LogP contribution in [0, 0.1) is 10.1 Å². The minimum absolute atomic E-state index is 0.00945. The molecule has 1 saturated heterocycles. The van der Waals surface area contributed by atoms with Crippen molar-refractivity contribution < 1.29 is 9.66 Å². The number of anilines is 1. The zero-order valence-corrected chi connectivity index (χ0v) is 12.0. The van der Waals surface area contributed by atoms with Crippen molar-refractivity contribution in [2.24, 2.45) is 0 Å². The lowest BCUT2D eigenvalue weighted by molar-refractivity contribution is -0.385. The molecule has 1 spiro atoms. The molecular formula is C13H19N5O3. The number of nitrogens with zero attached hydrogens (tertiary/aromatic N) is 3. The Kier molecular flexibility index (Phi) is 3.62. The third-order valence-electron chi connectivity index (χ3n) is 4.45. The molecule has 2 fully saturated rings. The smallest absolute Gasteiger partial charge is 0.372 e. The monoisotopic (exact) mass is 293 g/mol. The molecule has 2 heterocycles. The molecule has 1 unspecified atom stereocenters. The Morgan fingerprint density at radius 3 is 2.95 bits per heavy atom. The van der Waals surface area contributed by atoms with Crippen molar-refractivity contribution >= 4 is 11.5 Å². The van der Waals surface area contributed by atoms with Gasteiger partial charge in [0, 0.05) is 11.6 Å². The van der Waals surface area contributed by atoms with Crippen molar-refractivity contribution in [3.05, 3.63) is 16.4 Å². The predicted molar refractivity (Wildman–Crippen MR) is 76.5 cm³/mol. The van der Waals surface area contributed by atoms with E-state index >= 15 is 0 Å². The van der Waals surface area contributed by atoms with Crippen LogP contribution in [0.25, 0.3) is 0 Å². The van der Waals surface area contributed by atoms with Gasteiger partial charge in [0.15, 0.2) is 0 Å². The number of rotatable bonds is 4. The van der Waals surface area contributed by atoms with Gasteiger partial charge in [-0.05, 0) is 38.6 Å². The first-order valence-electron chi connectivity index (χ1n) is 7.18. The number of piperidine rings is 1. The van der Waals surface area contributed by atoms with Crippen molar-refractivity contribution in [2.45, 2.75) is 43.7 Å². The van der Waals surface area contributed by atoms with Crippen LogP contribution in [-0.4, -0.2) is 40.1 Å². The highest BCUT2D eigenvalue weighted by atomic mass is 16.6. The summed E-state index contributed by atoms with van der Waals surface area (Å²) >= 11 is 0. The second kappa shape index (κ2) is 5.44. The molecule has 0 amide bonds. The molecule has 3 rings (SSSR count). The largest absolute Gasteiger partial charge is 0.476 e. The summed E-state index contributed by atoms with van der Waals surface area (Å²) in [5.74, 6) is 0.234. The van der Waals surface area contributed by atoms with Crippen molar-refractivity contribution in [3.8, 4) is 5.88 Å². The SMILES string of the molecule is COc1ncnc(NC2CCNC3(CCC3)C2)c1[N+](=O)[O-]. The van der Waals surface area contributed by atoms with Crippen molar-refractivity contribution in [3.63, 3.8) is 0 Å². The predicted octanol–water partition coefficient (Wildman–Crippen LogP) is 1.48. The van der Waals surface area contributed by atoms with Gasteiger partial charge in [0.2, 0.25) is 5.82 Å². The molecule has 0 bridgehead atoms. The normalized spacial score (nSPS) is 23.4. The van der Waals surface area contributed by atoms with Crippen LogP contribution in [0.3, 0.4) is 0 Å². The minimum Gasteiger partial charge on any atom is -0.476 e. The van der Waals surface area contributed by atoms with Gasteiger partial charge in [-0.3, -0.25) is 10.1 Å². The summed E-state index contributed by atoms with van der Waals surface area (Å²) in [6.07, 6.45) is 6.79. The molecule has 2 aliphatic rings. The lowest BCUT2D eigenvalue weighted by atomic mass is 9.70. The average Bonchev–Trinajstić information content (AvgIpc) is 2.45. The Labute approximate surface area is 122 Å². The molecule has 1 saturated carbocycles. The van der Waals surface area contributed by atoms with Crippen LogP contribution in [0.1, 0.15) is 32.1 Å². The lowest BCUT2D eigenvalue weighted by Crippen LogP contribution is -2.58. The van der Waals surface area contributed by atoms with E-state index in [-0.39, 0.29) is 29.0 Å². The third-order valence-corrected chi connectivity index (χ3v) is 4.45. The van der Waals surface area contributed by atoms with Crippen LogP contribution in [0.15, 0.2) is 6.33 Å². The Bertz CT molecular complexity index is 547. The molecule has 8 nitrogen and oxygen atoms in total. The van der Waals surface area contributed by atoms with Gasteiger partial charge in [-0.15, -0.1) is 0 Å². The maximum absolute atomic E-state index is 11.2. The fourth-order valence-electron chi connectivity index (χ4n) is 3.24. The Balaban J connectivity index is 1.79. The molecule has 0 radical (unpaired) electrons. The van der Waals surface area contributed by atoms with Crippen LogP contribution in [0.4, 0.5) is 11.5 Å². The van der Waals surface area contributed by atoms with E-state index in [4.69, 9.17) is 4.74 Å². The van der Waals surface area contributed by atoms with Crippen molar-refractivity contribution in [2.75, 3.05) is 19.0 Å². The average molecular weight is 293 g/mol. The fraction of sp³-hybridized carbons (Fsp3) is 0.692. The lowest BCUT2D eigenvalue weighted by Gasteiger charge is -2.48. The standard InChI is InChI=1S/C13H19N5O3/c1-21-12-10(18(19)20)11(14-8-15-12)17-9-3-6-16-13(7-9)4-2-5-13/h8-9,16H,2-7H2,1H3,(H,14,15,17). The van der Waals surface area contributed by atoms with E-state index in [2.05, 4.69) is 20.6 Å². The number of methoxy groups -OCH3 is 1. The molecule has 1 aliphatic carbocycles. The molecule has 21 heavy (non-hydrogen) atoms. The molecule has 1 atom stereocenters. The second-order valence-corrected chi connectivity index (χ2v) is 5.73. The summed E-state index contributed by atoms with van der Waals surface area (Å²) in [5, 5.41) is 18.0. The van der Waals surface area contributed by atoms with Gasteiger partial charge in [-0.25, -0.2) is 4.98 Å². The first-order chi connectivity index (χ1) is 10.1. The molecule has 1 aromatic heterocycles. The first kappa shape index (κ1) is 14.0. The topological polar surface area (TPSA) is 102 Å². The fourth-order valence-corrected chi connectivity index (χ4v) is 3.24. The van der Waals surface area contributed by atoms with Gasteiger partial charge in [-0.2, -0.15) is 4.98 Å². The summed E-state index contributed by atoms with van der Waals surface area (Å²) in [4.78, 5) is 18.6. The van der Waals surface area contributed by atoms with E-state index < -0.39 is 4.92 Å². The van der Waals surface area contributed by atoms with E-state index in [1.165, 1.54) is 32.7 Å². The molecule has 1 aromatic rings. The van der Waals surface area contributed by atoms with Crippen LogP contribution < -0.4 is 15.4 Å². The van der Waals surface area contributed by atoms with Crippen LogP contribution >= 0.6 is 0 Å². The first-order valence-corrected chi connectivity index (χ1v) is 7.18. The molecular weight excluding hydrogens is 274 g/mol. The van der Waals surface area contributed by atoms with E-state index in [0.29, 0.717) is 0 Å². The second-order valence-electron chi connectivity index (χ2n) is 5.73. The summed E-state index contributed by atoms with van der Waals surface area (Å²) < 4.78 is 4.96. The quantitative estimate of drug-likeness (QED) is 0.640. The summed E-state index contributed by atoms with van der Waals surface area (Å²) in [5.41, 5.74) is 0.0307. The highest BCUT2D eigenvalue weighted by Gasteiger charge is 2.41. The van der Waals surface area contributed by atoms with E-state index in [1.54, 1.807) is 0 Å². The molecule has 1 aliphatic heterocycles. The highest BCUT2D eigenvalue weighted by Crippen LogP contribution is 2.40. The van der Waals surface area contributed by atoms with Gasteiger partial charge in [0.25, 0.3) is 5.88 Å². The van der Waals surface area contributed by atoms with Gasteiger partial charge >= 0.3 is 5.69 Å². The van der Waals surface area contributed by atoms with Crippen LogP contribution in [0.2, 0.25) is 0 Å². The maximum Gasteiger partial charge on any atom is 0.372 e. The Hall–Kier alpha value is -1.96. The van der Waals surface area contributed by atoms with E-state index in [9.17, 15) is 10.1 Å². The maximum atomic E-state index is 11.2. The third kappa shape index (κ3) is 2.63. The highest BCUT2D eigenvalue weighted by molar-refractivity contribution is 5.61. The number of nitrogens with one attached hydrogen (secondary N) is 2. The molecule has 0 aromatic carbocycles. The summed E-state index contributed by atoms with van der Waals surface area (Å²) in [6, 6.07) is 0.185. The molecule has 2 N–H and O–H groups in total. The van der Waals surface area contributed by atoms with E-state index in [1.807, 2.05) is 0 Å². The Morgan fingerprint density at radius 1 is 1.52 bits per heavy atom. The number of ether oxygens (including phenoxy) is 1. The van der Waals surface area contributed by atoms with Crippen LogP contribution in [-0.2, 0) is 0 Å². The Morgan fingerprint density at radius 2 is 2.33 bits per heavy atom. The number of hydrogen-bond acceptors (Lipinski definition) is 7. The van der Waals surface area contributed by atoms with E-state index in [0.717, 1.165) is 19.4 Å². The van der Waals surface area contributed by atoms with Gasteiger partial charge in [-0.1, -0.05) is 0 Å². The summed E-state index contributed by atoms with van der Waals surface area (Å²) in [6.45, 7) is 0.924. The van der Waals surface area contributed by atoms with Gasteiger partial charge in [0.05, 0.1) is 12.0 Å². The number of aromatic nitrogens is 2.